The van der Waals surface area contributed by atoms with Crippen LogP contribution in [0.25, 0.3) is 88.8 Å². The molecule has 4 heteroatoms. The summed E-state index contributed by atoms with van der Waals surface area (Å²) < 4.78 is 4.77. The second-order valence-corrected chi connectivity index (χ2v) is 14.2. The Morgan fingerprint density at radius 1 is 0.481 bits per heavy atom. The van der Waals surface area contributed by atoms with Gasteiger partial charge in [0.2, 0.25) is 0 Å². The highest BCUT2D eigenvalue weighted by molar-refractivity contribution is 6.10. The number of hydrogen-bond acceptors (Lipinski definition) is 2. The van der Waals surface area contributed by atoms with Gasteiger partial charge in [0.05, 0.1) is 39.1 Å². The van der Waals surface area contributed by atoms with Crippen LogP contribution in [0.1, 0.15) is 23.6 Å². The quantitative estimate of drug-likeness (QED) is 0.174. The lowest BCUT2D eigenvalue weighted by Gasteiger charge is -2.15. The molecule has 0 aliphatic heterocycles. The maximum Gasteiger partial charge on any atom is 0.0712 e. The number of rotatable bonds is 6. The van der Waals surface area contributed by atoms with Crippen molar-refractivity contribution in [3.05, 3.63) is 181 Å². The molecule has 0 radical (unpaired) electrons. The number of hydrogen-bond donors (Lipinski definition) is 0. The van der Waals surface area contributed by atoms with Crippen molar-refractivity contribution in [2.24, 2.45) is 0 Å². The van der Waals surface area contributed by atoms with Gasteiger partial charge >= 0.3 is 0 Å². The lowest BCUT2D eigenvalue weighted by molar-refractivity contribution is 1.14. The average molecular weight is 695 g/mol. The number of nitrogens with zero attached hydrogens (tertiary/aromatic N) is 4. The third-order valence-electron chi connectivity index (χ3n) is 11.1. The minimum Gasteiger partial charge on any atom is -0.309 e. The van der Waals surface area contributed by atoms with Gasteiger partial charge in [-0.05, 0) is 110 Å². The van der Waals surface area contributed by atoms with Crippen LogP contribution in [-0.2, 0) is 6.42 Å². The van der Waals surface area contributed by atoms with E-state index in [0.717, 1.165) is 51.6 Å². The zero-order valence-corrected chi connectivity index (χ0v) is 30.6. The zero-order valence-electron chi connectivity index (χ0n) is 30.6. The summed E-state index contributed by atoms with van der Waals surface area (Å²) in [4.78, 5) is 10.1. The standard InChI is InChI=1S/C50H38N4/c1-4-34-23-26-50-42(30-34)41-15-7-8-19-47(41)53(50)36-24-25-37(32(2)29-36)44-18-12-17-43(52-44)35-27-28-51-45(31-35)38-16-11-22-46(33(38)3)54-48-20-9-5-13-39(48)40-14-6-10-21-49(40)54/h5-31H,4H2,1-3H3. The van der Waals surface area contributed by atoms with Crippen molar-refractivity contribution in [2.75, 3.05) is 0 Å². The summed E-state index contributed by atoms with van der Waals surface area (Å²) in [6.07, 6.45) is 2.92. The van der Waals surface area contributed by atoms with Crippen molar-refractivity contribution in [3.8, 4) is 45.1 Å². The molecule has 0 saturated carbocycles. The minimum atomic E-state index is 0.921. The fourth-order valence-corrected chi connectivity index (χ4v) is 8.40. The molecule has 4 aromatic heterocycles. The SMILES string of the molecule is CCc1ccc2c(c1)c1ccccc1n2-c1ccc(-c2cccc(-c3ccnc(-c4cccc(-n5c6ccccc6c6ccccc65)c4C)c3)n2)c(C)c1. The first kappa shape index (κ1) is 31.9. The molecule has 0 aliphatic carbocycles. The van der Waals surface area contributed by atoms with E-state index in [1.54, 1.807) is 0 Å². The number of aryl methyl sites for hydroxylation is 2. The molecule has 6 aromatic carbocycles. The summed E-state index contributed by atoms with van der Waals surface area (Å²) in [5.41, 5.74) is 16.9. The van der Waals surface area contributed by atoms with E-state index in [2.05, 4.69) is 188 Å². The monoisotopic (exact) mass is 694 g/mol. The first-order chi connectivity index (χ1) is 26.6. The summed E-state index contributed by atoms with van der Waals surface area (Å²) in [6.45, 7) is 6.61. The Balaban J connectivity index is 1.02. The van der Waals surface area contributed by atoms with Gasteiger partial charge in [-0.15, -0.1) is 0 Å². The molecular formula is C50H38N4. The summed E-state index contributed by atoms with van der Waals surface area (Å²) >= 11 is 0. The van der Waals surface area contributed by atoms with E-state index in [0.29, 0.717) is 0 Å². The van der Waals surface area contributed by atoms with Gasteiger partial charge in [-0.1, -0.05) is 91.9 Å². The highest BCUT2D eigenvalue weighted by Gasteiger charge is 2.17. The fraction of sp³-hybridized carbons (Fsp3) is 0.0800. The second kappa shape index (κ2) is 12.7. The van der Waals surface area contributed by atoms with Crippen LogP contribution in [0.2, 0.25) is 0 Å². The average Bonchev–Trinajstić information content (AvgIpc) is 3.73. The Morgan fingerprint density at radius 2 is 1.13 bits per heavy atom. The zero-order chi connectivity index (χ0) is 36.3. The van der Waals surface area contributed by atoms with E-state index in [9.17, 15) is 0 Å². The van der Waals surface area contributed by atoms with Crippen molar-refractivity contribution in [1.29, 1.82) is 0 Å². The van der Waals surface area contributed by atoms with Gasteiger partial charge in [-0.2, -0.15) is 0 Å². The van der Waals surface area contributed by atoms with Gasteiger partial charge in [-0.25, -0.2) is 4.98 Å². The predicted molar refractivity (Wildman–Crippen MR) is 226 cm³/mol. The molecule has 0 amide bonds. The lowest BCUT2D eigenvalue weighted by atomic mass is 10.00. The van der Waals surface area contributed by atoms with Crippen molar-refractivity contribution in [2.45, 2.75) is 27.2 Å². The molecule has 0 spiro atoms. The summed E-state index contributed by atoms with van der Waals surface area (Å²) in [5, 5.41) is 5.09. The minimum absolute atomic E-state index is 0.921. The van der Waals surface area contributed by atoms with E-state index in [4.69, 9.17) is 9.97 Å². The van der Waals surface area contributed by atoms with Crippen molar-refractivity contribution in [3.63, 3.8) is 0 Å². The first-order valence-electron chi connectivity index (χ1n) is 18.7. The third kappa shape index (κ3) is 5.06. The smallest absolute Gasteiger partial charge is 0.0712 e. The predicted octanol–water partition coefficient (Wildman–Crippen LogP) is 12.9. The van der Waals surface area contributed by atoms with Gasteiger partial charge < -0.3 is 9.13 Å². The molecule has 10 rings (SSSR count). The van der Waals surface area contributed by atoms with E-state index in [1.807, 2.05) is 6.20 Å². The van der Waals surface area contributed by atoms with Crippen LogP contribution >= 0.6 is 0 Å². The number of pyridine rings is 2. The van der Waals surface area contributed by atoms with Crippen LogP contribution in [0.4, 0.5) is 0 Å². The Morgan fingerprint density at radius 3 is 1.85 bits per heavy atom. The molecule has 0 fully saturated rings. The maximum atomic E-state index is 5.23. The lowest BCUT2D eigenvalue weighted by Crippen LogP contribution is -1.99. The topological polar surface area (TPSA) is 35.6 Å². The van der Waals surface area contributed by atoms with Crippen molar-refractivity contribution >= 4 is 43.6 Å². The first-order valence-corrected chi connectivity index (χ1v) is 18.7. The molecule has 0 unspecified atom stereocenters. The van der Waals surface area contributed by atoms with Crippen molar-refractivity contribution in [1.82, 2.24) is 19.1 Å². The molecule has 4 heterocycles. The Labute approximate surface area is 314 Å². The van der Waals surface area contributed by atoms with Gasteiger partial charge in [0.25, 0.3) is 0 Å². The molecule has 0 saturated heterocycles. The molecule has 54 heavy (non-hydrogen) atoms. The van der Waals surface area contributed by atoms with Crippen LogP contribution in [0.5, 0.6) is 0 Å². The molecule has 258 valence electrons. The number of benzene rings is 6. The van der Waals surface area contributed by atoms with E-state index in [1.165, 1.54) is 60.3 Å². The number of aromatic nitrogens is 4. The van der Waals surface area contributed by atoms with Gasteiger partial charge in [0.15, 0.2) is 0 Å². The maximum absolute atomic E-state index is 5.23. The number of fused-ring (bicyclic) bond motifs is 6. The van der Waals surface area contributed by atoms with Gasteiger partial charge in [-0.3, -0.25) is 4.98 Å². The van der Waals surface area contributed by atoms with Crippen molar-refractivity contribution < 1.29 is 0 Å². The van der Waals surface area contributed by atoms with Crippen LogP contribution < -0.4 is 0 Å². The molecule has 0 aliphatic rings. The molecule has 0 bridgehead atoms. The summed E-state index contributed by atoms with van der Waals surface area (Å²) in [7, 11) is 0. The normalized spacial score (nSPS) is 11.7. The highest BCUT2D eigenvalue weighted by Crippen LogP contribution is 2.37. The van der Waals surface area contributed by atoms with Crippen LogP contribution in [0.15, 0.2) is 164 Å². The van der Waals surface area contributed by atoms with E-state index < -0.39 is 0 Å². The second-order valence-electron chi connectivity index (χ2n) is 14.2. The summed E-state index contributed by atoms with van der Waals surface area (Å²) in [6, 6.07) is 56.7. The summed E-state index contributed by atoms with van der Waals surface area (Å²) in [5.74, 6) is 0. The Kier molecular flexibility index (Phi) is 7.51. The van der Waals surface area contributed by atoms with Gasteiger partial charge in [0, 0.05) is 55.8 Å². The molecule has 10 aromatic rings. The number of para-hydroxylation sites is 3. The van der Waals surface area contributed by atoms with Crippen LogP contribution in [0.3, 0.4) is 0 Å². The molecular weight excluding hydrogens is 657 g/mol. The van der Waals surface area contributed by atoms with E-state index in [-0.39, 0.29) is 0 Å². The largest absolute Gasteiger partial charge is 0.309 e. The molecule has 0 N–H and O–H groups in total. The molecule has 0 atom stereocenters. The highest BCUT2D eigenvalue weighted by atomic mass is 15.0. The Hall–Kier alpha value is -6.78. The van der Waals surface area contributed by atoms with Crippen LogP contribution in [-0.4, -0.2) is 19.1 Å². The third-order valence-corrected chi connectivity index (χ3v) is 11.1. The molecule has 4 nitrogen and oxygen atoms in total. The fourth-order valence-electron chi connectivity index (χ4n) is 8.40. The Bertz CT molecular complexity index is 3020. The van der Waals surface area contributed by atoms with Gasteiger partial charge in [0.1, 0.15) is 0 Å². The van der Waals surface area contributed by atoms with E-state index >= 15 is 0 Å². The van der Waals surface area contributed by atoms with Crippen LogP contribution in [0, 0.1) is 13.8 Å².